The fourth-order valence-electron chi connectivity index (χ4n) is 4.14. The summed E-state index contributed by atoms with van der Waals surface area (Å²) in [7, 11) is 0. The van der Waals surface area contributed by atoms with Crippen LogP contribution in [-0.2, 0) is 4.79 Å². The van der Waals surface area contributed by atoms with Gasteiger partial charge in [-0.25, -0.2) is 0 Å². The number of rotatable bonds is 4. The van der Waals surface area contributed by atoms with Crippen LogP contribution in [0.2, 0.25) is 0 Å². The average molecular weight is 316 g/mol. The van der Waals surface area contributed by atoms with Gasteiger partial charge in [0.05, 0.1) is 5.92 Å². The quantitative estimate of drug-likeness (QED) is 0.897. The van der Waals surface area contributed by atoms with Gasteiger partial charge in [0.25, 0.3) is 0 Å². The van der Waals surface area contributed by atoms with Crippen molar-refractivity contribution >= 4 is 5.97 Å². The molecule has 0 saturated carbocycles. The van der Waals surface area contributed by atoms with Crippen LogP contribution in [0.5, 0.6) is 0 Å². The summed E-state index contributed by atoms with van der Waals surface area (Å²) in [5, 5.41) is 12.5. The third-order valence-corrected chi connectivity index (χ3v) is 5.71. The van der Waals surface area contributed by atoms with E-state index in [9.17, 15) is 4.79 Å². The molecule has 126 valence electrons. The van der Waals surface area contributed by atoms with Gasteiger partial charge < -0.3 is 10.4 Å². The Bertz CT molecular complexity index is 564. The standard InChI is InChI=1S/C19H28N2O2/c1-12-8-16(17-10-20-11-17)9-13(2)18(12)14(3)21-6-4-15(5-7-21)19(22)23/h8-9,14-15,17,20H,4-7,10-11H2,1-3H3,(H,22,23). The molecule has 2 fully saturated rings. The number of hydrogen-bond donors (Lipinski definition) is 2. The highest BCUT2D eigenvalue weighted by molar-refractivity contribution is 5.70. The normalized spacial score (nSPS) is 21.9. The highest BCUT2D eigenvalue weighted by atomic mass is 16.4. The number of piperidine rings is 1. The SMILES string of the molecule is Cc1cc(C2CNC2)cc(C)c1C(C)N1CCC(C(=O)O)CC1. The maximum Gasteiger partial charge on any atom is 0.306 e. The lowest BCUT2D eigenvalue weighted by Gasteiger charge is -2.36. The summed E-state index contributed by atoms with van der Waals surface area (Å²) in [6.45, 7) is 10.7. The Balaban J connectivity index is 1.74. The zero-order valence-electron chi connectivity index (χ0n) is 14.4. The predicted molar refractivity (Wildman–Crippen MR) is 91.9 cm³/mol. The minimum atomic E-state index is -0.636. The van der Waals surface area contributed by atoms with E-state index in [-0.39, 0.29) is 5.92 Å². The molecule has 2 N–H and O–H groups in total. The van der Waals surface area contributed by atoms with E-state index in [1.165, 1.54) is 22.3 Å². The van der Waals surface area contributed by atoms with Gasteiger partial charge in [0, 0.05) is 25.0 Å². The van der Waals surface area contributed by atoms with Crippen molar-refractivity contribution in [2.24, 2.45) is 5.92 Å². The summed E-state index contributed by atoms with van der Waals surface area (Å²) in [6, 6.07) is 5.07. The molecule has 2 aliphatic heterocycles. The third-order valence-electron chi connectivity index (χ3n) is 5.71. The van der Waals surface area contributed by atoms with Crippen LogP contribution in [0, 0.1) is 19.8 Å². The maximum atomic E-state index is 11.1. The molecular formula is C19H28N2O2. The number of carbonyl (C=O) groups is 1. The lowest BCUT2D eigenvalue weighted by Crippen LogP contribution is -2.40. The molecule has 4 heteroatoms. The monoisotopic (exact) mass is 316 g/mol. The molecule has 0 amide bonds. The van der Waals surface area contributed by atoms with E-state index in [0.717, 1.165) is 39.0 Å². The second kappa shape index (κ2) is 6.62. The van der Waals surface area contributed by atoms with Crippen molar-refractivity contribution in [3.63, 3.8) is 0 Å². The Hall–Kier alpha value is -1.39. The van der Waals surface area contributed by atoms with E-state index in [2.05, 4.69) is 43.1 Å². The lowest BCUT2D eigenvalue weighted by molar-refractivity contribution is -0.143. The largest absolute Gasteiger partial charge is 0.481 e. The summed E-state index contributed by atoms with van der Waals surface area (Å²) < 4.78 is 0. The van der Waals surface area contributed by atoms with Gasteiger partial charge in [-0.15, -0.1) is 0 Å². The van der Waals surface area contributed by atoms with Crippen molar-refractivity contribution < 1.29 is 9.90 Å². The number of aliphatic carboxylic acids is 1. The van der Waals surface area contributed by atoms with Crippen molar-refractivity contribution in [3.05, 3.63) is 34.4 Å². The number of hydrogen-bond acceptors (Lipinski definition) is 3. The van der Waals surface area contributed by atoms with E-state index in [4.69, 9.17) is 5.11 Å². The topological polar surface area (TPSA) is 52.6 Å². The summed E-state index contributed by atoms with van der Waals surface area (Å²) in [5.74, 6) is -0.125. The van der Waals surface area contributed by atoms with Crippen molar-refractivity contribution in [3.8, 4) is 0 Å². The van der Waals surface area contributed by atoms with Crippen LogP contribution in [0.1, 0.15) is 54.0 Å². The van der Waals surface area contributed by atoms with Gasteiger partial charge in [-0.1, -0.05) is 12.1 Å². The molecule has 0 aromatic heterocycles. The molecule has 2 saturated heterocycles. The first-order valence-electron chi connectivity index (χ1n) is 8.76. The number of nitrogens with zero attached hydrogens (tertiary/aromatic N) is 1. The number of benzene rings is 1. The molecule has 3 rings (SSSR count). The van der Waals surface area contributed by atoms with Crippen LogP contribution in [0.15, 0.2) is 12.1 Å². The molecule has 1 aromatic rings. The molecule has 2 aliphatic rings. The molecule has 1 atom stereocenters. The van der Waals surface area contributed by atoms with E-state index in [1.54, 1.807) is 0 Å². The van der Waals surface area contributed by atoms with Crippen molar-refractivity contribution in [1.29, 1.82) is 0 Å². The summed E-state index contributed by atoms with van der Waals surface area (Å²) in [4.78, 5) is 13.6. The Morgan fingerprint density at radius 3 is 2.22 bits per heavy atom. The minimum Gasteiger partial charge on any atom is -0.481 e. The third kappa shape index (κ3) is 3.29. The Labute approximate surface area is 138 Å². The Morgan fingerprint density at radius 1 is 1.22 bits per heavy atom. The second-order valence-electron chi connectivity index (χ2n) is 7.25. The van der Waals surface area contributed by atoms with E-state index < -0.39 is 5.97 Å². The smallest absolute Gasteiger partial charge is 0.306 e. The van der Waals surface area contributed by atoms with Crippen LogP contribution in [0.4, 0.5) is 0 Å². The molecule has 0 aliphatic carbocycles. The van der Waals surface area contributed by atoms with E-state index >= 15 is 0 Å². The molecule has 23 heavy (non-hydrogen) atoms. The Morgan fingerprint density at radius 2 is 1.78 bits per heavy atom. The zero-order valence-corrected chi connectivity index (χ0v) is 14.4. The lowest BCUT2D eigenvalue weighted by atomic mass is 9.86. The van der Waals surface area contributed by atoms with Gasteiger partial charge in [-0.2, -0.15) is 0 Å². The summed E-state index contributed by atoms with van der Waals surface area (Å²) in [5.41, 5.74) is 5.63. The molecular weight excluding hydrogens is 288 g/mol. The minimum absolute atomic E-state index is 0.158. The van der Waals surface area contributed by atoms with Gasteiger partial charge in [0.2, 0.25) is 0 Å². The maximum absolute atomic E-state index is 11.1. The summed E-state index contributed by atoms with van der Waals surface area (Å²) in [6.07, 6.45) is 1.53. The number of aryl methyl sites for hydroxylation is 2. The molecule has 2 heterocycles. The van der Waals surface area contributed by atoms with E-state index in [1.807, 2.05) is 0 Å². The first-order chi connectivity index (χ1) is 11.0. The average Bonchev–Trinajstić information content (AvgIpc) is 2.44. The van der Waals surface area contributed by atoms with Crippen LogP contribution in [0.3, 0.4) is 0 Å². The molecule has 1 aromatic carbocycles. The van der Waals surface area contributed by atoms with E-state index in [0.29, 0.717) is 12.0 Å². The highest BCUT2D eigenvalue weighted by Crippen LogP contribution is 2.33. The summed E-state index contributed by atoms with van der Waals surface area (Å²) >= 11 is 0. The number of carboxylic acids is 1. The van der Waals surface area contributed by atoms with Crippen LogP contribution in [0.25, 0.3) is 0 Å². The fourth-order valence-corrected chi connectivity index (χ4v) is 4.14. The molecule has 0 bridgehead atoms. The first-order valence-corrected chi connectivity index (χ1v) is 8.76. The first kappa shape index (κ1) is 16.5. The van der Waals surface area contributed by atoms with Crippen molar-refractivity contribution in [2.45, 2.75) is 45.6 Å². The number of nitrogens with one attached hydrogen (secondary N) is 1. The van der Waals surface area contributed by atoms with Gasteiger partial charge in [-0.05, 0) is 69.0 Å². The van der Waals surface area contributed by atoms with Crippen molar-refractivity contribution in [1.82, 2.24) is 10.2 Å². The Kier molecular flexibility index (Phi) is 4.74. The predicted octanol–water partition coefficient (Wildman–Crippen LogP) is 2.85. The van der Waals surface area contributed by atoms with Crippen LogP contribution in [-0.4, -0.2) is 42.2 Å². The van der Waals surface area contributed by atoms with Gasteiger partial charge in [0.15, 0.2) is 0 Å². The number of carboxylic acid groups (broad SMARTS) is 1. The van der Waals surface area contributed by atoms with Crippen molar-refractivity contribution in [2.75, 3.05) is 26.2 Å². The molecule has 1 unspecified atom stereocenters. The highest BCUT2D eigenvalue weighted by Gasteiger charge is 2.29. The van der Waals surface area contributed by atoms with Gasteiger partial charge >= 0.3 is 5.97 Å². The molecule has 4 nitrogen and oxygen atoms in total. The number of likely N-dealkylation sites (tertiary alicyclic amines) is 1. The van der Waals surface area contributed by atoms with Gasteiger partial charge in [-0.3, -0.25) is 9.69 Å². The molecule has 0 radical (unpaired) electrons. The van der Waals surface area contributed by atoms with Gasteiger partial charge in [0.1, 0.15) is 0 Å². The second-order valence-corrected chi connectivity index (χ2v) is 7.25. The van der Waals surface area contributed by atoms with Crippen LogP contribution < -0.4 is 5.32 Å². The van der Waals surface area contributed by atoms with Crippen LogP contribution >= 0.6 is 0 Å². The molecule has 0 spiro atoms. The fraction of sp³-hybridized carbons (Fsp3) is 0.632. The zero-order chi connectivity index (χ0) is 16.6.